The number of ketones is 1. The Bertz CT molecular complexity index is 3670. The van der Waals surface area contributed by atoms with Crippen LogP contribution < -0.4 is 67.9 Å². The molecule has 1 fully saturated rings. The first-order valence-electron chi connectivity index (χ1n) is 33.3. The van der Waals surface area contributed by atoms with E-state index in [0.29, 0.717) is 44.1 Å². The van der Waals surface area contributed by atoms with Crippen molar-refractivity contribution in [1.29, 1.82) is 0 Å². The second kappa shape index (κ2) is 36.1. The van der Waals surface area contributed by atoms with E-state index < -0.39 is 139 Å². The Balaban J connectivity index is 1.41. The van der Waals surface area contributed by atoms with Crippen LogP contribution in [0.15, 0.2) is 170 Å². The number of esters is 1. The van der Waals surface area contributed by atoms with E-state index >= 15 is 19.2 Å². The standard InChI is InChI=1S/C76H93N8O14P/c1-45(2)40-59-68(88)69(99(56-26-18-13-19-27-56,57-28-20-14-21-29-57)58-30-22-15-23-31-58)75(94)81-60(41-46(3)4)71(90)80-62(44-64(87)82-67(52-32-36-54(96-10)37-33-52)53-34-38-55(97-11)39-35-53)70(89)77-48(7)76(95)98-50(9)66(74(93)79-59)84-73(92)65(49(8)85)83-72(91)61(78-63(86)42-47(5)6)43-51-24-16-12-17-25-51/h12-39,45-50,59-62,65-67,85H,40-44H2,1-11H3,(H,77,89)(H,78,86)(H,79,93)(H,80,90)(H,81,94)(H,82,87)(H,83,91)(H,84,92)/t48-,49-,50-,59+,60+,61+,62?,65+,66+/m1/s1. The van der Waals surface area contributed by atoms with E-state index in [1.807, 2.05) is 13.8 Å². The molecule has 22 nitrogen and oxygen atoms in total. The first kappa shape index (κ1) is 76.4. The molecule has 0 aliphatic carbocycles. The third-order valence-electron chi connectivity index (χ3n) is 16.8. The second-order valence-electron chi connectivity index (χ2n) is 26.0. The van der Waals surface area contributed by atoms with Gasteiger partial charge in [0.25, 0.3) is 5.91 Å². The number of amides is 8. The molecular weight excluding hydrogens is 1280 g/mol. The maximum atomic E-state index is 16.8. The summed E-state index contributed by atoms with van der Waals surface area (Å²) in [4.78, 5) is 151. The lowest BCUT2D eigenvalue weighted by Gasteiger charge is -2.35. The molecule has 99 heavy (non-hydrogen) atoms. The average Bonchev–Trinajstić information content (AvgIpc) is 0.725. The molecule has 7 rings (SSSR count). The highest BCUT2D eigenvalue weighted by atomic mass is 31.2. The van der Waals surface area contributed by atoms with Gasteiger partial charge in [-0.05, 0) is 115 Å². The molecule has 0 aromatic heterocycles. The Labute approximate surface area is 579 Å². The molecule has 1 heterocycles. The molecule has 1 aliphatic heterocycles. The lowest BCUT2D eigenvalue weighted by Crippen LogP contribution is -2.63. The van der Waals surface area contributed by atoms with Gasteiger partial charge >= 0.3 is 5.97 Å². The van der Waals surface area contributed by atoms with Crippen LogP contribution in [0.2, 0.25) is 0 Å². The van der Waals surface area contributed by atoms with Gasteiger partial charge in [0.15, 0.2) is 5.78 Å². The number of nitrogens with one attached hydrogen (secondary N) is 8. The van der Waals surface area contributed by atoms with Crippen LogP contribution in [0, 0.1) is 17.8 Å². The summed E-state index contributed by atoms with van der Waals surface area (Å²) in [5, 5.41) is 34.6. The van der Waals surface area contributed by atoms with E-state index in [1.54, 1.807) is 198 Å². The van der Waals surface area contributed by atoms with E-state index in [1.165, 1.54) is 35.0 Å². The van der Waals surface area contributed by atoms with Crippen LogP contribution in [-0.2, 0) is 59.1 Å². The van der Waals surface area contributed by atoms with Crippen LogP contribution in [0.25, 0.3) is 0 Å². The monoisotopic (exact) mass is 1370 g/mol. The highest BCUT2D eigenvalue weighted by Crippen LogP contribution is 2.47. The number of rotatable bonds is 24. The van der Waals surface area contributed by atoms with Gasteiger partial charge in [0.05, 0.1) is 44.1 Å². The molecule has 8 amide bonds. The van der Waals surface area contributed by atoms with E-state index in [4.69, 9.17) is 14.2 Å². The maximum Gasteiger partial charge on any atom is 0.328 e. The molecule has 1 saturated heterocycles. The molecule has 0 radical (unpaired) electrons. The van der Waals surface area contributed by atoms with E-state index in [0.717, 1.165) is 0 Å². The minimum Gasteiger partial charge on any atom is -0.497 e. The van der Waals surface area contributed by atoms with Crippen molar-refractivity contribution in [2.75, 3.05) is 14.2 Å². The number of carbonyl (C=O) groups excluding carboxylic acids is 10. The molecule has 9 atom stereocenters. The van der Waals surface area contributed by atoms with Gasteiger partial charge in [-0.15, -0.1) is 0 Å². The fraction of sp³-hybridized carbons (Fsp3) is 0.382. The molecule has 526 valence electrons. The SMILES string of the molecule is COc1ccc(C(NC(=O)CC2NC(=O)[C@H](CC(C)C)NC(=O)C(=P(c3ccccc3)(c3ccccc3)c3ccccc3)C(=O)[C@H](CC(C)C)NC(=O)[C@@H](NC(=O)[C@@H](NC(=O)[C@H](Cc3ccccc3)NC(=O)CC(C)C)[C@@H](C)O)[C@@H](C)OC(=O)[C@@H](C)NC2=O)c2ccc(OC)cc2)cc1. The van der Waals surface area contributed by atoms with Crippen LogP contribution >= 0.6 is 6.89 Å². The summed E-state index contributed by atoms with van der Waals surface area (Å²) in [6, 6.07) is 37.0. The van der Waals surface area contributed by atoms with Crippen LogP contribution in [0.1, 0.15) is 111 Å². The Morgan fingerprint density at radius 2 is 0.990 bits per heavy atom. The van der Waals surface area contributed by atoms with Crippen LogP contribution in [0.4, 0.5) is 0 Å². The summed E-state index contributed by atoms with van der Waals surface area (Å²) in [6.45, 7) is 10.8. The number of Topliss-reactive ketones (excluding diaryl/α,β-unsaturated/α-hetero) is 1. The lowest BCUT2D eigenvalue weighted by atomic mass is 9.96. The number of aliphatic hydroxyl groups is 1. The number of hydrogen-bond acceptors (Lipinski definition) is 14. The molecule has 0 spiro atoms. The van der Waals surface area contributed by atoms with Gasteiger partial charge in [0.1, 0.15) is 53.9 Å². The number of benzene rings is 6. The summed E-state index contributed by atoms with van der Waals surface area (Å²) in [6.07, 6.45) is -4.28. The second-order valence-corrected chi connectivity index (χ2v) is 29.4. The van der Waals surface area contributed by atoms with Gasteiger partial charge in [-0.1, -0.05) is 187 Å². The number of methoxy groups -OCH3 is 2. The number of ether oxygens (including phenoxy) is 3. The van der Waals surface area contributed by atoms with Gasteiger partial charge in [-0.2, -0.15) is 0 Å². The number of aliphatic hydroxyl groups excluding tert-OH is 1. The van der Waals surface area contributed by atoms with Gasteiger partial charge in [-0.25, -0.2) is 4.79 Å². The van der Waals surface area contributed by atoms with Gasteiger partial charge in [-0.3, -0.25) is 43.2 Å². The van der Waals surface area contributed by atoms with Crippen molar-refractivity contribution in [3.05, 3.63) is 187 Å². The van der Waals surface area contributed by atoms with Gasteiger partial charge in [0, 0.05) is 12.8 Å². The average molecular weight is 1370 g/mol. The zero-order valence-corrected chi connectivity index (χ0v) is 58.8. The molecule has 23 heteroatoms. The first-order valence-corrected chi connectivity index (χ1v) is 35.1. The Morgan fingerprint density at radius 3 is 1.45 bits per heavy atom. The van der Waals surface area contributed by atoms with Crippen LogP contribution in [-0.4, -0.2) is 138 Å². The highest BCUT2D eigenvalue weighted by molar-refractivity contribution is 7.97. The topological polar surface area (TPSA) is 315 Å². The van der Waals surface area contributed by atoms with E-state index in [-0.39, 0.29) is 42.8 Å². The summed E-state index contributed by atoms with van der Waals surface area (Å²) >= 11 is 0. The Kier molecular flexibility index (Phi) is 27.9. The Hall–Kier alpha value is -9.92. The third kappa shape index (κ3) is 20.6. The molecule has 1 unspecified atom stereocenters. The quantitative estimate of drug-likeness (QED) is 0.0280. The van der Waals surface area contributed by atoms with Crippen molar-refractivity contribution >= 4 is 87.1 Å². The van der Waals surface area contributed by atoms with Gasteiger partial charge in [0.2, 0.25) is 41.4 Å². The third-order valence-corrected chi connectivity index (χ3v) is 21.1. The van der Waals surface area contributed by atoms with Crippen molar-refractivity contribution in [3.63, 3.8) is 0 Å². The maximum absolute atomic E-state index is 16.8. The fourth-order valence-electron chi connectivity index (χ4n) is 11.8. The molecular formula is C76H93N8O14P. The van der Waals surface area contributed by atoms with Crippen LogP contribution in [0.5, 0.6) is 11.5 Å². The predicted octanol–water partition coefficient (Wildman–Crippen LogP) is 5.16. The molecule has 0 bridgehead atoms. The number of carbonyl (C=O) groups is 10. The zero-order chi connectivity index (χ0) is 72.1. The van der Waals surface area contributed by atoms with Crippen LogP contribution in [0.3, 0.4) is 0 Å². The smallest absolute Gasteiger partial charge is 0.328 e. The summed E-state index contributed by atoms with van der Waals surface area (Å²) in [5.41, 5.74) is 1.88. The Morgan fingerprint density at radius 1 is 0.525 bits per heavy atom. The minimum atomic E-state index is -3.83. The summed E-state index contributed by atoms with van der Waals surface area (Å²) in [5.74, 6) is -9.12. The summed E-state index contributed by atoms with van der Waals surface area (Å²) < 4.78 is 16.8. The zero-order valence-electron chi connectivity index (χ0n) is 57.9. The highest BCUT2D eigenvalue weighted by Gasteiger charge is 2.44. The fourth-order valence-corrected chi connectivity index (χ4v) is 16.2. The number of cyclic esters (lactones) is 1. The normalized spacial score (nSPS) is 19.2. The van der Waals surface area contributed by atoms with Crippen molar-refractivity contribution in [2.45, 2.75) is 155 Å². The molecule has 9 N–H and O–H groups in total. The van der Waals surface area contributed by atoms with E-state index in [2.05, 4.69) is 42.5 Å². The summed E-state index contributed by atoms with van der Waals surface area (Å²) in [7, 11) is 3.03. The molecule has 6 aromatic carbocycles. The minimum absolute atomic E-state index is 0.0174. The van der Waals surface area contributed by atoms with E-state index in [9.17, 15) is 33.9 Å². The van der Waals surface area contributed by atoms with Crippen molar-refractivity contribution in [1.82, 2.24) is 42.5 Å². The molecule has 6 aromatic rings. The number of hydrogen-bond donors (Lipinski definition) is 9. The van der Waals surface area contributed by atoms with Gasteiger partial charge < -0.3 is 61.9 Å². The van der Waals surface area contributed by atoms with Crippen molar-refractivity contribution in [2.24, 2.45) is 17.8 Å². The largest absolute Gasteiger partial charge is 0.497 e. The molecule has 0 saturated carbocycles. The molecule has 1 aliphatic rings. The van der Waals surface area contributed by atoms with Crippen molar-refractivity contribution in [3.8, 4) is 11.5 Å². The first-order chi connectivity index (χ1) is 47.2. The lowest BCUT2D eigenvalue weighted by molar-refractivity contribution is -0.156. The predicted molar refractivity (Wildman–Crippen MR) is 381 cm³/mol. The van der Waals surface area contributed by atoms with Crippen molar-refractivity contribution < 1.29 is 67.3 Å².